The first-order valence-electron chi connectivity index (χ1n) is 7.42. The highest BCUT2D eigenvalue weighted by Gasteiger charge is 2.16. The topological polar surface area (TPSA) is 89.9 Å². The molecule has 0 aliphatic rings. The van der Waals surface area contributed by atoms with Crippen molar-refractivity contribution >= 4 is 35.5 Å². The summed E-state index contributed by atoms with van der Waals surface area (Å²) in [4.78, 5) is 13.1. The molecule has 25 heavy (non-hydrogen) atoms. The van der Waals surface area contributed by atoms with Crippen molar-refractivity contribution in [3.8, 4) is 11.4 Å². The number of rotatable bonds is 3. The molecule has 2 heterocycles. The molecule has 0 unspecified atom stereocenters. The summed E-state index contributed by atoms with van der Waals surface area (Å²) in [6.45, 7) is 3.30. The number of fused-ring (bicyclic) bond motifs is 1. The van der Waals surface area contributed by atoms with Crippen LogP contribution < -0.4 is 5.73 Å². The Balaban J connectivity index is 0.00000225. The number of hydrogen-bond acceptors (Lipinski definition) is 5. The van der Waals surface area contributed by atoms with E-state index >= 15 is 0 Å². The first-order valence-corrected chi connectivity index (χ1v) is 7.42. The molecule has 0 saturated carbocycles. The van der Waals surface area contributed by atoms with Gasteiger partial charge in [0.25, 0.3) is 0 Å². The molecule has 0 aliphatic carbocycles. The summed E-state index contributed by atoms with van der Waals surface area (Å²) in [5, 5.41) is 9.77. The van der Waals surface area contributed by atoms with Gasteiger partial charge in [0.15, 0.2) is 22.8 Å². The number of benzene rings is 1. The minimum Gasteiger partial charge on any atom is -0.386 e. The van der Waals surface area contributed by atoms with E-state index in [0.717, 1.165) is 0 Å². The largest absolute Gasteiger partial charge is 0.386 e. The summed E-state index contributed by atoms with van der Waals surface area (Å²) >= 11 is 0. The maximum absolute atomic E-state index is 13.5. The number of nitrogens with zero attached hydrogens (tertiary/aromatic N) is 4. The number of nitrogen functional groups attached to an aromatic ring is 1. The van der Waals surface area contributed by atoms with Crippen LogP contribution in [-0.4, -0.2) is 30.2 Å². The molecule has 1 aromatic carbocycles. The summed E-state index contributed by atoms with van der Waals surface area (Å²) < 4.78 is 15.2. The van der Waals surface area contributed by atoms with Gasteiger partial charge in [0.2, 0.25) is 0 Å². The Labute approximate surface area is 150 Å². The van der Waals surface area contributed by atoms with E-state index in [-0.39, 0.29) is 24.0 Å². The monoisotopic (exact) mass is 363 g/mol. The minimum atomic E-state index is -0.980. The molecule has 3 N–H and O–H groups in total. The zero-order valence-electron chi connectivity index (χ0n) is 14.1. The molecule has 6 nitrogen and oxygen atoms in total. The van der Waals surface area contributed by atoms with Crippen LogP contribution in [0.4, 0.5) is 10.2 Å². The number of hydrogen-bond donors (Lipinski definition) is 2. The molecule has 0 bridgehead atoms. The van der Waals surface area contributed by atoms with Gasteiger partial charge in [-0.25, -0.2) is 19.3 Å². The lowest BCUT2D eigenvalue weighted by atomic mass is 10.1. The number of aliphatic hydroxyl groups is 1. The predicted molar refractivity (Wildman–Crippen MR) is 98.7 cm³/mol. The second-order valence-electron chi connectivity index (χ2n) is 6.13. The van der Waals surface area contributed by atoms with Crippen molar-refractivity contribution in [2.24, 2.45) is 7.05 Å². The fourth-order valence-electron chi connectivity index (χ4n) is 2.34. The van der Waals surface area contributed by atoms with Crippen LogP contribution in [0.15, 0.2) is 30.3 Å². The zero-order valence-corrected chi connectivity index (χ0v) is 14.9. The van der Waals surface area contributed by atoms with Gasteiger partial charge in [-0.1, -0.05) is 12.1 Å². The Hall–Kier alpha value is -2.51. The lowest BCUT2D eigenvalue weighted by Crippen LogP contribution is -2.13. The van der Waals surface area contributed by atoms with Gasteiger partial charge in [0.1, 0.15) is 11.6 Å². The summed E-state index contributed by atoms with van der Waals surface area (Å²) in [7, 11) is 1.78. The van der Waals surface area contributed by atoms with Crippen molar-refractivity contribution < 1.29 is 9.50 Å². The number of nitrogens with two attached hydrogens (primary N) is 1. The van der Waals surface area contributed by atoms with Gasteiger partial charge in [-0.15, -0.1) is 12.4 Å². The van der Waals surface area contributed by atoms with Gasteiger partial charge in [-0.05, 0) is 38.1 Å². The van der Waals surface area contributed by atoms with Gasteiger partial charge >= 0.3 is 0 Å². The van der Waals surface area contributed by atoms with Crippen LogP contribution in [0.3, 0.4) is 0 Å². The van der Waals surface area contributed by atoms with E-state index in [9.17, 15) is 9.50 Å². The van der Waals surface area contributed by atoms with E-state index in [4.69, 9.17) is 5.73 Å². The molecule has 0 radical (unpaired) electrons. The van der Waals surface area contributed by atoms with Crippen molar-refractivity contribution in [1.29, 1.82) is 0 Å². The average molecular weight is 364 g/mol. The van der Waals surface area contributed by atoms with E-state index in [1.165, 1.54) is 12.1 Å². The van der Waals surface area contributed by atoms with E-state index in [1.54, 1.807) is 49.7 Å². The highest BCUT2D eigenvalue weighted by molar-refractivity contribution is 5.86. The number of imidazole rings is 1. The summed E-state index contributed by atoms with van der Waals surface area (Å²) in [6, 6.07) is 6.17. The standard InChI is InChI=1S/C17H18FN5O.ClH/c1-17(2,24)8-7-12-20-14(19)13-16(21-12)23(3)15(22-13)10-5-4-6-11(18)9-10;/h4-9,24H,1-3H3,(H2,19,20,21);1H/b8-7+;. The summed E-state index contributed by atoms with van der Waals surface area (Å²) in [5.74, 6) is 0.811. The molecule has 3 rings (SSSR count). The maximum atomic E-state index is 13.5. The first kappa shape index (κ1) is 18.8. The molecular formula is C17H19ClFN5O. The van der Waals surface area contributed by atoms with Gasteiger partial charge in [-0.2, -0.15) is 0 Å². The van der Waals surface area contributed by atoms with Crippen LogP contribution in [0.5, 0.6) is 0 Å². The zero-order chi connectivity index (χ0) is 17.5. The van der Waals surface area contributed by atoms with Crippen LogP contribution >= 0.6 is 12.4 Å². The minimum absolute atomic E-state index is 0. The molecule has 0 atom stereocenters. The first-order chi connectivity index (χ1) is 11.2. The number of aromatic nitrogens is 4. The molecule has 0 spiro atoms. The van der Waals surface area contributed by atoms with Crippen LogP contribution in [0.1, 0.15) is 19.7 Å². The Morgan fingerprint density at radius 1 is 1.24 bits per heavy atom. The molecule has 0 aliphatic heterocycles. The second kappa shape index (κ2) is 6.78. The summed E-state index contributed by atoms with van der Waals surface area (Å²) in [5.41, 5.74) is 6.63. The Kier molecular flexibility index (Phi) is 5.10. The molecule has 0 saturated heterocycles. The van der Waals surface area contributed by atoms with Crippen molar-refractivity contribution in [1.82, 2.24) is 19.5 Å². The highest BCUT2D eigenvalue weighted by Crippen LogP contribution is 2.25. The fourth-order valence-corrected chi connectivity index (χ4v) is 2.34. The van der Waals surface area contributed by atoms with Crippen molar-refractivity contribution in [2.45, 2.75) is 19.4 Å². The van der Waals surface area contributed by atoms with E-state index in [1.807, 2.05) is 0 Å². The van der Waals surface area contributed by atoms with Crippen LogP contribution in [-0.2, 0) is 7.05 Å². The third-order valence-corrected chi connectivity index (χ3v) is 3.49. The lowest BCUT2D eigenvalue weighted by Gasteiger charge is -2.09. The lowest BCUT2D eigenvalue weighted by molar-refractivity contribution is 0.134. The third-order valence-electron chi connectivity index (χ3n) is 3.49. The Morgan fingerprint density at radius 2 is 1.96 bits per heavy atom. The van der Waals surface area contributed by atoms with Crippen molar-refractivity contribution in [3.05, 3.63) is 42.0 Å². The highest BCUT2D eigenvalue weighted by atomic mass is 35.5. The SMILES string of the molecule is Cl.Cn1c(-c2cccc(F)c2)nc2c(N)nc(/C=C/C(C)(C)O)nc21. The normalized spacial score (nSPS) is 11.9. The Bertz CT molecular complexity index is 946. The average Bonchev–Trinajstić information content (AvgIpc) is 2.83. The molecule has 3 aromatic rings. The number of halogens is 2. The molecule has 2 aromatic heterocycles. The van der Waals surface area contributed by atoms with Crippen LogP contribution in [0.25, 0.3) is 28.6 Å². The van der Waals surface area contributed by atoms with Gasteiger partial charge in [0, 0.05) is 12.6 Å². The molecule has 0 fully saturated rings. The van der Waals surface area contributed by atoms with Crippen molar-refractivity contribution in [2.75, 3.05) is 5.73 Å². The molecular weight excluding hydrogens is 345 g/mol. The number of aryl methyl sites for hydroxylation is 1. The quantitative estimate of drug-likeness (QED) is 0.746. The van der Waals surface area contributed by atoms with E-state index in [2.05, 4.69) is 15.0 Å². The van der Waals surface area contributed by atoms with Crippen LogP contribution in [0, 0.1) is 5.82 Å². The second-order valence-corrected chi connectivity index (χ2v) is 6.13. The Morgan fingerprint density at radius 3 is 2.60 bits per heavy atom. The van der Waals surface area contributed by atoms with Gasteiger partial charge in [-0.3, -0.25) is 0 Å². The summed E-state index contributed by atoms with van der Waals surface area (Å²) in [6.07, 6.45) is 3.18. The predicted octanol–water partition coefficient (Wildman–Crippen LogP) is 2.96. The van der Waals surface area contributed by atoms with Gasteiger partial charge in [0.05, 0.1) is 5.60 Å². The van der Waals surface area contributed by atoms with E-state index < -0.39 is 5.60 Å². The third kappa shape index (κ3) is 3.94. The molecule has 132 valence electrons. The fraction of sp³-hybridized carbons (Fsp3) is 0.235. The van der Waals surface area contributed by atoms with Crippen molar-refractivity contribution in [3.63, 3.8) is 0 Å². The molecule has 8 heteroatoms. The molecule has 0 amide bonds. The van der Waals surface area contributed by atoms with Gasteiger partial charge < -0.3 is 15.4 Å². The number of anilines is 1. The van der Waals surface area contributed by atoms with Crippen LogP contribution in [0.2, 0.25) is 0 Å². The smallest absolute Gasteiger partial charge is 0.166 e. The maximum Gasteiger partial charge on any atom is 0.166 e. The van der Waals surface area contributed by atoms with E-state index in [0.29, 0.717) is 28.4 Å².